The zero-order chi connectivity index (χ0) is 14.7. The molecule has 1 nitrogen and oxygen atoms in total. The van der Waals surface area contributed by atoms with E-state index in [0.29, 0.717) is 15.6 Å². The Balaban J connectivity index is 2.53. The predicted molar refractivity (Wildman–Crippen MR) is 83.1 cm³/mol. The molecule has 0 aliphatic heterocycles. The molecule has 0 aliphatic rings. The molecule has 106 valence electrons. The standard InChI is InChI=1S/C16H16Cl2FN/c1-3-20-16(12-6-4-10(2)8-15(12)18)13-9-11(19)5-7-14(13)17/h4-9,16,20H,3H2,1-2H3. The van der Waals surface area contributed by atoms with E-state index in [-0.39, 0.29) is 11.9 Å². The minimum absolute atomic E-state index is 0.226. The van der Waals surface area contributed by atoms with Gasteiger partial charge in [0, 0.05) is 10.0 Å². The van der Waals surface area contributed by atoms with Crippen molar-refractivity contribution < 1.29 is 4.39 Å². The average molecular weight is 312 g/mol. The summed E-state index contributed by atoms with van der Waals surface area (Å²) in [4.78, 5) is 0. The van der Waals surface area contributed by atoms with Crippen LogP contribution in [0.1, 0.15) is 29.7 Å². The fraction of sp³-hybridized carbons (Fsp3) is 0.250. The molecule has 0 fully saturated rings. The number of aryl methyl sites for hydroxylation is 1. The van der Waals surface area contributed by atoms with Gasteiger partial charge in [0.1, 0.15) is 5.82 Å². The first-order valence-corrected chi connectivity index (χ1v) is 7.23. The second-order valence-electron chi connectivity index (χ2n) is 4.68. The highest BCUT2D eigenvalue weighted by molar-refractivity contribution is 6.32. The lowest BCUT2D eigenvalue weighted by Gasteiger charge is -2.21. The third-order valence-corrected chi connectivity index (χ3v) is 3.82. The summed E-state index contributed by atoms with van der Waals surface area (Å²) in [5.41, 5.74) is 2.67. The smallest absolute Gasteiger partial charge is 0.123 e. The molecule has 0 saturated carbocycles. The van der Waals surface area contributed by atoms with Crippen LogP contribution in [0.15, 0.2) is 36.4 Å². The fourth-order valence-corrected chi connectivity index (χ4v) is 2.76. The number of nitrogens with one attached hydrogen (secondary N) is 1. The molecule has 2 aromatic rings. The maximum absolute atomic E-state index is 13.5. The van der Waals surface area contributed by atoms with Gasteiger partial charge in [0.05, 0.1) is 6.04 Å². The molecule has 0 spiro atoms. The van der Waals surface area contributed by atoms with Gasteiger partial charge in [0.25, 0.3) is 0 Å². The van der Waals surface area contributed by atoms with Crippen molar-refractivity contribution in [2.45, 2.75) is 19.9 Å². The van der Waals surface area contributed by atoms with E-state index in [1.54, 1.807) is 6.07 Å². The molecule has 2 aromatic carbocycles. The van der Waals surface area contributed by atoms with Crippen LogP contribution in [0.5, 0.6) is 0 Å². The lowest BCUT2D eigenvalue weighted by atomic mass is 9.97. The van der Waals surface area contributed by atoms with Crippen LogP contribution in [0, 0.1) is 12.7 Å². The Labute approximate surface area is 128 Å². The Morgan fingerprint density at radius 1 is 1.05 bits per heavy atom. The Hall–Kier alpha value is -1.09. The van der Waals surface area contributed by atoms with Crippen LogP contribution in [0.3, 0.4) is 0 Å². The van der Waals surface area contributed by atoms with Crippen LogP contribution in [0.25, 0.3) is 0 Å². The molecular weight excluding hydrogens is 296 g/mol. The molecule has 1 N–H and O–H groups in total. The lowest BCUT2D eigenvalue weighted by Crippen LogP contribution is -2.22. The van der Waals surface area contributed by atoms with Gasteiger partial charge < -0.3 is 5.32 Å². The molecule has 1 atom stereocenters. The zero-order valence-electron chi connectivity index (χ0n) is 11.4. The van der Waals surface area contributed by atoms with Crippen molar-refractivity contribution in [1.29, 1.82) is 0 Å². The van der Waals surface area contributed by atoms with Crippen LogP contribution < -0.4 is 5.32 Å². The van der Waals surface area contributed by atoms with E-state index >= 15 is 0 Å². The largest absolute Gasteiger partial charge is 0.306 e. The van der Waals surface area contributed by atoms with E-state index < -0.39 is 0 Å². The molecule has 0 amide bonds. The third kappa shape index (κ3) is 3.32. The normalized spacial score (nSPS) is 12.4. The SMILES string of the molecule is CCNC(c1ccc(C)cc1Cl)c1cc(F)ccc1Cl. The number of halogens is 3. The number of rotatable bonds is 4. The summed E-state index contributed by atoms with van der Waals surface area (Å²) in [6.07, 6.45) is 0. The van der Waals surface area contributed by atoms with Gasteiger partial charge >= 0.3 is 0 Å². The Morgan fingerprint density at radius 2 is 1.80 bits per heavy atom. The monoisotopic (exact) mass is 311 g/mol. The summed E-state index contributed by atoms with van der Waals surface area (Å²) in [6, 6.07) is 9.98. The van der Waals surface area contributed by atoms with Crippen molar-refractivity contribution in [2.75, 3.05) is 6.54 Å². The first-order chi connectivity index (χ1) is 9.52. The highest BCUT2D eigenvalue weighted by atomic mass is 35.5. The summed E-state index contributed by atoms with van der Waals surface area (Å²) in [6.45, 7) is 4.69. The maximum Gasteiger partial charge on any atom is 0.123 e. The van der Waals surface area contributed by atoms with Crippen LogP contribution in [0.2, 0.25) is 10.0 Å². The molecule has 0 heterocycles. The second-order valence-corrected chi connectivity index (χ2v) is 5.50. The van der Waals surface area contributed by atoms with Crippen LogP contribution in [-0.2, 0) is 0 Å². The van der Waals surface area contributed by atoms with Crippen LogP contribution in [0.4, 0.5) is 4.39 Å². The Bertz CT molecular complexity index is 613. The van der Waals surface area contributed by atoms with Crippen molar-refractivity contribution in [3.05, 3.63) is 69.0 Å². The molecular formula is C16H16Cl2FN. The summed E-state index contributed by atoms with van der Waals surface area (Å²) < 4.78 is 13.5. The molecule has 20 heavy (non-hydrogen) atoms. The minimum atomic E-state index is -0.310. The number of hydrogen-bond acceptors (Lipinski definition) is 1. The molecule has 1 unspecified atom stereocenters. The minimum Gasteiger partial charge on any atom is -0.306 e. The topological polar surface area (TPSA) is 12.0 Å². The fourth-order valence-electron chi connectivity index (χ4n) is 2.19. The van der Waals surface area contributed by atoms with E-state index in [0.717, 1.165) is 17.7 Å². The summed E-state index contributed by atoms with van der Waals surface area (Å²) in [7, 11) is 0. The third-order valence-electron chi connectivity index (χ3n) is 3.14. The highest BCUT2D eigenvalue weighted by Crippen LogP contribution is 2.33. The quantitative estimate of drug-likeness (QED) is 0.824. The molecule has 0 bridgehead atoms. The van der Waals surface area contributed by atoms with Gasteiger partial charge in [0.15, 0.2) is 0 Å². The van der Waals surface area contributed by atoms with Gasteiger partial charge in [-0.1, -0.05) is 42.3 Å². The summed E-state index contributed by atoms with van der Waals surface area (Å²) in [5.74, 6) is -0.310. The molecule has 0 aliphatic carbocycles. The van der Waals surface area contributed by atoms with E-state index in [2.05, 4.69) is 5.32 Å². The molecule has 0 aromatic heterocycles. The molecule has 0 radical (unpaired) electrons. The van der Waals surface area contributed by atoms with Crippen molar-refractivity contribution >= 4 is 23.2 Å². The number of benzene rings is 2. The van der Waals surface area contributed by atoms with Crippen molar-refractivity contribution in [3.63, 3.8) is 0 Å². The molecule has 0 saturated heterocycles. The van der Waals surface area contributed by atoms with E-state index in [1.165, 1.54) is 12.1 Å². The predicted octanol–water partition coefficient (Wildman–Crippen LogP) is 5.14. The van der Waals surface area contributed by atoms with Gasteiger partial charge in [-0.2, -0.15) is 0 Å². The lowest BCUT2D eigenvalue weighted by molar-refractivity contribution is 0.603. The van der Waals surface area contributed by atoms with Crippen molar-refractivity contribution in [1.82, 2.24) is 5.32 Å². The van der Waals surface area contributed by atoms with Gasteiger partial charge in [-0.3, -0.25) is 0 Å². The average Bonchev–Trinajstić information content (AvgIpc) is 2.40. The van der Waals surface area contributed by atoms with Gasteiger partial charge in [0.2, 0.25) is 0 Å². The first-order valence-electron chi connectivity index (χ1n) is 6.47. The summed E-state index contributed by atoms with van der Waals surface area (Å²) in [5, 5.41) is 4.48. The zero-order valence-corrected chi connectivity index (χ0v) is 12.9. The van der Waals surface area contributed by atoms with Crippen LogP contribution in [-0.4, -0.2) is 6.54 Å². The Morgan fingerprint density at radius 3 is 2.45 bits per heavy atom. The van der Waals surface area contributed by atoms with Crippen LogP contribution >= 0.6 is 23.2 Å². The Kier molecular flexibility index (Phi) is 5.03. The van der Waals surface area contributed by atoms with Gasteiger partial charge in [-0.05, 0) is 54.4 Å². The van der Waals surface area contributed by atoms with Gasteiger partial charge in [-0.15, -0.1) is 0 Å². The van der Waals surface area contributed by atoms with Crippen molar-refractivity contribution in [2.24, 2.45) is 0 Å². The first kappa shape index (κ1) is 15.3. The number of hydrogen-bond donors (Lipinski definition) is 1. The summed E-state index contributed by atoms with van der Waals surface area (Å²) >= 11 is 12.5. The molecule has 2 rings (SSSR count). The molecule has 4 heteroatoms. The highest BCUT2D eigenvalue weighted by Gasteiger charge is 2.19. The second kappa shape index (κ2) is 6.57. The van der Waals surface area contributed by atoms with E-state index in [9.17, 15) is 4.39 Å². The van der Waals surface area contributed by atoms with E-state index in [1.807, 2.05) is 32.0 Å². The maximum atomic E-state index is 13.5. The van der Waals surface area contributed by atoms with Gasteiger partial charge in [-0.25, -0.2) is 4.39 Å². The van der Waals surface area contributed by atoms with E-state index in [4.69, 9.17) is 23.2 Å². The van der Waals surface area contributed by atoms with Crippen molar-refractivity contribution in [3.8, 4) is 0 Å².